The van der Waals surface area contributed by atoms with Crippen molar-refractivity contribution < 1.29 is 18.0 Å². The average molecular weight is 514 g/mol. The summed E-state index contributed by atoms with van der Waals surface area (Å²) >= 11 is 5.99. The van der Waals surface area contributed by atoms with Crippen LogP contribution in [0.25, 0.3) is 0 Å². The molecule has 1 atom stereocenters. The van der Waals surface area contributed by atoms with E-state index in [4.69, 9.17) is 11.6 Å². The highest BCUT2D eigenvalue weighted by molar-refractivity contribution is 7.89. The molecule has 1 fully saturated rings. The van der Waals surface area contributed by atoms with Gasteiger partial charge in [-0.2, -0.15) is 4.31 Å². The van der Waals surface area contributed by atoms with E-state index in [2.05, 4.69) is 10.6 Å². The topological polar surface area (TPSA) is 95.6 Å². The van der Waals surface area contributed by atoms with Crippen LogP contribution < -0.4 is 10.6 Å². The van der Waals surface area contributed by atoms with E-state index in [9.17, 15) is 18.0 Å². The Kier molecular flexibility index (Phi) is 7.44. The molecule has 2 amide bonds. The van der Waals surface area contributed by atoms with Crippen LogP contribution in [0.4, 0.5) is 11.4 Å². The monoisotopic (exact) mass is 513 g/mol. The molecule has 1 heterocycles. The molecule has 0 bridgehead atoms. The number of benzene rings is 2. The summed E-state index contributed by atoms with van der Waals surface area (Å²) in [6.45, 7) is 4.20. The highest BCUT2D eigenvalue weighted by Crippen LogP contribution is 2.28. The third-order valence-corrected chi connectivity index (χ3v) is 8.47. The van der Waals surface area contributed by atoms with Gasteiger partial charge in [-0.25, -0.2) is 8.42 Å². The average Bonchev–Trinajstić information content (AvgIpc) is 2.80. The molecule has 2 aromatic rings. The van der Waals surface area contributed by atoms with Gasteiger partial charge in [0, 0.05) is 40.1 Å². The van der Waals surface area contributed by atoms with Crippen LogP contribution >= 0.6 is 11.6 Å². The Morgan fingerprint density at radius 3 is 2.54 bits per heavy atom. The molecule has 0 spiro atoms. The number of hydrogen-bond acceptors (Lipinski definition) is 4. The lowest BCUT2D eigenvalue weighted by Crippen LogP contribution is -2.44. The van der Waals surface area contributed by atoms with Crippen molar-refractivity contribution in [2.24, 2.45) is 0 Å². The van der Waals surface area contributed by atoms with E-state index in [1.807, 2.05) is 26.0 Å². The molecule has 184 valence electrons. The van der Waals surface area contributed by atoms with Gasteiger partial charge in [0.15, 0.2) is 0 Å². The fraction of sp³-hybridized carbons (Fsp3) is 0.308. The second kappa shape index (κ2) is 10.4. The largest absolute Gasteiger partial charge is 0.322 e. The SMILES string of the molecule is CC1=CC(N2CCCCS2(=O)=O)CC=C1C(=O)Nc1ccc(C)c(NC(=O)c2cccc(Cl)c2)c1. The first-order valence-electron chi connectivity index (χ1n) is 11.5. The van der Waals surface area contributed by atoms with E-state index in [0.29, 0.717) is 46.9 Å². The number of hydrogen-bond donors (Lipinski definition) is 2. The van der Waals surface area contributed by atoms with E-state index in [1.165, 1.54) is 0 Å². The lowest BCUT2D eigenvalue weighted by Gasteiger charge is -2.33. The quantitative estimate of drug-likeness (QED) is 0.593. The van der Waals surface area contributed by atoms with Crippen molar-refractivity contribution >= 4 is 44.8 Å². The molecule has 1 saturated heterocycles. The molecule has 4 rings (SSSR count). The van der Waals surface area contributed by atoms with Gasteiger partial charge in [0.2, 0.25) is 10.0 Å². The zero-order valence-electron chi connectivity index (χ0n) is 19.7. The number of carbonyl (C=O) groups excluding carboxylic acids is 2. The van der Waals surface area contributed by atoms with Gasteiger partial charge in [-0.3, -0.25) is 9.59 Å². The molecule has 7 nitrogen and oxygen atoms in total. The van der Waals surface area contributed by atoms with E-state index >= 15 is 0 Å². The third kappa shape index (κ3) is 5.83. The van der Waals surface area contributed by atoms with Gasteiger partial charge in [-0.1, -0.05) is 35.9 Å². The fourth-order valence-electron chi connectivity index (χ4n) is 4.36. The van der Waals surface area contributed by atoms with Gasteiger partial charge in [0.25, 0.3) is 11.8 Å². The Bertz CT molecular complexity index is 1330. The first-order chi connectivity index (χ1) is 16.6. The van der Waals surface area contributed by atoms with E-state index in [-0.39, 0.29) is 23.6 Å². The number of aryl methyl sites for hydroxylation is 1. The Morgan fingerprint density at radius 1 is 1.03 bits per heavy atom. The van der Waals surface area contributed by atoms with Crippen LogP contribution in [0, 0.1) is 6.92 Å². The number of nitrogens with one attached hydrogen (secondary N) is 2. The molecule has 1 unspecified atom stereocenters. The van der Waals surface area contributed by atoms with Crippen molar-refractivity contribution in [3.63, 3.8) is 0 Å². The lowest BCUT2D eigenvalue weighted by molar-refractivity contribution is -0.112. The summed E-state index contributed by atoms with van der Waals surface area (Å²) in [6.07, 6.45) is 5.66. The van der Waals surface area contributed by atoms with Crippen molar-refractivity contribution in [1.82, 2.24) is 4.31 Å². The second-order valence-corrected chi connectivity index (χ2v) is 11.3. The molecule has 9 heteroatoms. The molecule has 2 aliphatic rings. The van der Waals surface area contributed by atoms with Gasteiger partial charge >= 0.3 is 0 Å². The Labute approximate surface area is 210 Å². The number of amides is 2. The number of nitrogens with zero attached hydrogens (tertiary/aromatic N) is 1. The molecule has 0 aromatic heterocycles. The first kappa shape index (κ1) is 25.2. The molecule has 35 heavy (non-hydrogen) atoms. The molecule has 2 N–H and O–H groups in total. The second-order valence-electron chi connectivity index (χ2n) is 8.85. The fourth-order valence-corrected chi connectivity index (χ4v) is 6.32. The van der Waals surface area contributed by atoms with Crippen LogP contribution in [0.2, 0.25) is 5.02 Å². The maximum atomic E-state index is 13.0. The van der Waals surface area contributed by atoms with Crippen molar-refractivity contribution in [3.05, 3.63) is 81.9 Å². The predicted octanol–water partition coefficient (Wildman–Crippen LogP) is 4.91. The van der Waals surface area contributed by atoms with Gasteiger partial charge < -0.3 is 10.6 Å². The van der Waals surface area contributed by atoms with Crippen LogP contribution in [0.3, 0.4) is 0 Å². The number of carbonyl (C=O) groups is 2. The summed E-state index contributed by atoms with van der Waals surface area (Å²) in [7, 11) is -3.26. The first-order valence-corrected chi connectivity index (χ1v) is 13.5. The highest BCUT2D eigenvalue weighted by Gasteiger charge is 2.32. The minimum absolute atomic E-state index is 0.178. The standard InChI is InChI=1S/C26H28ClN3O4S/c1-17-8-9-21(16-24(17)29-25(31)19-6-5-7-20(27)15-19)28-26(32)23-11-10-22(14-18(23)2)30-12-3-4-13-35(30,33)34/h5-9,11,14-16,22H,3-4,10,12-13H2,1-2H3,(H,28,32)(H,29,31). The van der Waals surface area contributed by atoms with Crippen molar-refractivity contribution in [2.75, 3.05) is 22.9 Å². The van der Waals surface area contributed by atoms with E-state index < -0.39 is 10.0 Å². The minimum atomic E-state index is -3.26. The van der Waals surface area contributed by atoms with Gasteiger partial charge in [-0.15, -0.1) is 0 Å². The number of anilines is 2. The highest BCUT2D eigenvalue weighted by atomic mass is 35.5. The smallest absolute Gasteiger partial charge is 0.255 e. The Balaban J connectivity index is 1.45. The summed E-state index contributed by atoms with van der Waals surface area (Å²) in [6, 6.07) is 11.7. The molecule has 2 aromatic carbocycles. The molecule has 1 aliphatic carbocycles. The molecule has 0 radical (unpaired) electrons. The zero-order chi connectivity index (χ0) is 25.2. The van der Waals surface area contributed by atoms with Crippen molar-refractivity contribution in [1.29, 1.82) is 0 Å². The molecule has 0 saturated carbocycles. The molecule has 1 aliphatic heterocycles. The summed E-state index contributed by atoms with van der Waals surface area (Å²) in [5.41, 5.74) is 3.65. The van der Waals surface area contributed by atoms with Crippen molar-refractivity contribution in [3.8, 4) is 0 Å². The summed E-state index contributed by atoms with van der Waals surface area (Å²) in [5.74, 6) is -0.405. The summed E-state index contributed by atoms with van der Waals surface area (Å²) < 4.78 is 26.5. The Hall–Kier alpha value is -2.94. The molecular weight excluding hydrogens is 486 g/mol. The Morgan fingerprint density at radius 2 is 1.83 bits per heavy atom. The zero-order valence-corrected chi connectivity index (χ0v) is 21.2. The van der Waals surface area contributed by atoms with Crippen molar-refractivity contribution in [2.45, 2.75) is 39.2 Å². The number of sulfonamides is 1. The number of rotatable bonds is 5. The maximum absolute atomic E-state index is 13.0. The van der Waals surface area contributed by atoms with Crippen LogP contribution in [0.1, 0.15) is 42.1 Å². The van der Waals surface area contributed by atoms with E-state index in [0.717, 1.165) is 17.6 Å². The normalized spacial score (nSPS) is 19.9. The van der Waals surface area contributed by atoms with Crippen LogP contribution in [0.5, 0.6) is 0 Å². The number of halogens is 1. The molecular formula is C26H28ClN3O4S. The predicted molar refractivity (Wildman–Crippen MR) is 139 cm³/mol. The minimum Gasteiger partial charge on any atom is -0.322 e. The van der Waals surface area contributed by atoms with Crippen LogP contribution in [-0.2, 0) is 14.8 Å². The summed E-state index contributed by atoms with van der Waals surface area (Å²) in [5, 5.41) is 6.23. The third-order valence-electron chi connectivity index (χ3n) is 6.26. The summed E-state index contributed by atoms with van der Waals surface area (Å²) in [4.78, 5) is 25.6. The lowest BCUT2D eigenvalue weighted by atomic mass is 9.95. The van der Waals surface area contributed by atoms with Gasteiger partial charge in [-0.05, 0) is 74.6 Å². The van der Waals surface area contributed by atoms with Gasteiger partial charge in [0.05, 0.1) is 5.75 Å². The van der Waals surface area contributed by atoms with E-state index in [1.54, 1.807) is 46.8 Å². The van der Waals surface area contributed by atoms with Crippen LogP contribution in [0.15, 0.2) is 65.8 Å². The maximum Gasteiger partial charge on any atom is 0.255 e. The van der Waals surface area contributed by atoms with Crippen LogP contribution in [-0.4, -0.2) is 42.9 Å². The van der Waals surface area contributed by atoms with Gasteiger partial charge in [0.1, 0.15) is 0 Å².